The SMILES string of the molecule is CC(C)NCC1(CN2CCc3ccccc3C2)CCOC1. The summed E-state index contributed by atoms with van der Waals surface area (Å²) < 4.78 is 5.74. The molecule has 116 valence electrons. The van der Waals surface area contributed by atoms with E-state index in [1.165, 1.54) is 30.5 Å². The highest BCUT2D eigenvalue weighted by Crippen LogP contribution is 2.31. The van der Waals surface area contributed by atoms with Crippen molar-refractivity contribution in [1.29, 1.82) is 0 Å². The molecule has 2 heterocycles. The van der Waals surface area contributed by atoms with Crippen molar-refractivity contribution < 1.29 is 4.74 Å². The van der Waals surface area contributed by atoms with Crippen molar-refractivity contribution in [3.8, 4) is 0 Å². The molecule has 0 spiro atoms. The molecule has 1 aromatic carbocycles. The summed E-state index contributed by atoms with van der Waals surface area (Å²) in [7, 11) is 0. The Hall–Kier alpha value is -0.900. The molecule has 0 amide bonds. The van der Waals surface area contributed by atoms with E-state index in [0.717, 1.165) is 32.8 Å². The van der Waals surface area contributed by atoms with E-state index in [0.29, 0.717) is 11.5 Å². The fraction of sp³-hybridized carbons (Fsp3) is 0.667. The Kier molecular flexibility index (Phi) is 4.63. The van der Waals surface area contributed by atoms with Crippen molar-refractivity contribution in [2.24, 2.45) is 5.41 Å². The number of hydrogen-bond acceptors (Lipinski definition) is 3. The van der Waals surface area contributed by atoms with Gasteiger partial charge < -0.3 is 10.1 Å². The van der Waals surface area contributed by atoms with E-state index in [-0.39, 0.29) is 0 Å². The molecular weight excluding hydrogens is 260 g/mol. The van der Waals surface area contributed by atoms with Crippen LogP contribution in [0.1, 0.15) is 31.4 Å². The first-order valence-electron chi connectivity index (χ1n) is 8.27. The summed E-state index contributed by atoms with van der Waals surface area (Å²) in [6.07, 6.45) is 2.37. The number of hydrogen-bond donors (Lipinski definition) is 1. The third-order valence-electron chi connectivity index (χ3n) is 4.84. The van der Waals surface area contributed by atoms with Gasteiger partial charge >= 0.3 is 0 Å². The van der Waals surface area contributed by atoms with Gasteiger partial charge in [0.15, 0.2) is 0 Å². The molecule has 2 aliphatic heterocycles. The Bertz CT molecular complexity index is 466. The Morgan fingerprint density at radius 1 is 1.29 bits per heavy atom. The topological polar surface area (TPSA) is 24.5 Å². The molecule has 0 saturated carbocycles. The molecule has 3 nitrogen and oxygen atoms in total. The summed E-state index contributed by atoms with van der Waals surface area (Å²) in [6.45, 7) is 10.8. The normalized spacial score (nSPS) is 26.2. The van der Waals surface area contributed by atoms with Crippen LogP contribution in [-0.4, -0.2) is 43.8 Å². The largest absolute Gasteiger partial charge is 0.381 e. The molecule has 1 saturated heterocycles. The summed E-state index contributed by atoms with van der Waals surface area (Å²) in [4.78, 5) is 2.62. The minimum atomic E-state index is 0.302. The molecule has 1 unspecified atom stereocenters. The van der Waals surface area contributed by atoms with Gasteiger partial charge in [0.25, 0.3) is 0 Å². The zero-order chi connectivity index (χ0) is 14.7. The highest BCUT2D eigenvalue weighted by atomic mass is 16.5. The summed E-state index contributed by atoms with van der Waals surface area (Å²) in [6, 6.07) is 9.43. The lowest BCUT2D eigenvalue weighted by Crippen LogP contribution is -2.47. The lowest BCUT2D eigenvalue weighted by Gasteiger charge is -2.37. The predicted molar refractivity (Wildman–Crippen MR) is 86.4 cm³/mol. The molecule has 3 heteroatoms. The van der Waals surface area contributed by atoms with Crippen LogP contribution in [-0.2, 0) is 17.7 Å². The first-order valence-corrected chi connectivity index (χ1v) is 8.27. The third kappa shape index (κ3) is 3.65. The number of benzene rings is 1. The average molecular weight is 288 g/mol. The van der Waals surface area contributed by atoms with Gasteiger partial charge in [-0.1, -0.05) is 38.1 Å². The van der Waals surface area contributed by atoms with Crippen molar-refractivity contribution in [2.45, 2.75) is 39.3 Å². The van der Waals surface area contributed by atoms with Gasteiger partial charge in [0.05, 0.1) is 6.61 Å². The van der Waals surface area contributed by atoms with Gasteiger partial charge in [0.2, 0.25) is 0 Å². The molecule has 1 fully saturated rings. The second kappa shape index (κ2) is 6.47. The zero-order valence-electron chi connectivity index (χ0n) is 13.4. The molecular formula is C18H28N2O. The standard InChI is InChI=1S/C18H28N2O/c1-15(2)19-12-18(8-10-21-14-18)13-20-9-7-16-5-3-4-6-17(16)11-20/h3-6,15,19H,7-14H2,1-2H3. The molecule has 0 radical (unpaired) electrons. The van der Waals surface area contributed by atoms with Crippen molar-refractivity contribution in [3.63, 3.8) is 0 Å². The molecule has 0 bridgehead atoms. The molecule has 3 rings (SSSR count). The molecule has 1 N–H and O–H groups in total. The third-order valence-corrected chi connectivity index (χ3v) is 4.84. The number of nitrogens with zero attached hydrogens (tertiary/aromatic N) is 1. The number of ether oxygens (including phenoxy) is 1. The average Bonchev–Trinajstić information content (AvgIpc) is 2.94. The minimum absolute atomic E-state index is 0.302. The number of fused-ring (bicyclic) bond motifs is 1. The van der Waals surface area contributed by atoms with E-state index < -0.39 is 0 Å². The Balaban J connectivity index is 1.64. The van der Waals surface area contributed by atoms with Crippen LogP contribution < -0.4 is 5.32 Å². The number of rotatable bonds is 5. The van der Waals surface area contributed by atoms with Gasteiger partial charge in [-0.25, -0.2) is 0 Å². The van der Waals surface area contributed by atoms with Gasteiger partial charge in [0.1, 0.15) is 0 Å². The first-order chi connectivity index (χ1) is 10.2. The maximum atomic E-state index is 5.74. The summed E-state index contributed by atoms with van der Waals surface area (Å²) in [5.41, 5.74) is 3.34. The van der Waals surface area contributed by atoms with E-state index in [4.69, 9.17) is 4.74 Å². The van der Waals surface area contributed by atoms with E-state index >= 15 is 0 Å². The van der Waals surface area contributed by atoms with Gasteiger partial charge in [-0.2, -0.15) is 0 Å². The maximum Gasteiger partial charge on any atom is 0.0547 e. The molecule has 1 aromatic rings. The lowest BCUT2D eigenvalue weighted by atomic mass is 9.85. The van der Waals surface area contributed by atoms with Gasteiger partial charge in [0, 0.05) is 44.2 Å². The predicted octanol–water partition coefficient (Wildman–Crippen LogP) is 2.45. The fourth-order valence-electron chi connectivity index (χ4n) is 3.55. The van der Waals surface area contributed by atoms with Crippen LogP contribution in [0.2, 0.25) is 0 Å². The lowest BCUT2D eigenvalue weighted by molar-refractivity contribution is 0.100. The van der Waals surface area contributed by atoms with Gasteiger partial charge in [-0.15, -0.1) is 0 Å². The highest BCUT2D eigenvalue weighted by molar-refractivity contribution is 5.29. The summed E-state index contributed by atoms with van der Waals surface area (Å²) >= 11 is 0. The molecule has 1 atom stereocenters. The van der Waals surface area contributed by atoms with E-state index in [1.54, 1.807) is 0 Å². The van der Waals surface area contributed by atoms with Crippen LogP contribution in [0.3, 0.4) is 0 Å². The van der Waals surface area contributed by atoms with Crippen LogP contribution in [0, 0.1) is 5.41 Å². The van der Waals surface area contributed by atoms with Crippen LogP contribution >= 0.6 is 0 Å². The molecule has 0 aliphatic carbocycles. The molecule has 21 heavy (non-hydrogen) atoms. The van der Waals surface area contributed by atoms with Crippen molar-refractivity contribution in [2.75, 3.05) is 32.8 Å². The van der Waals surface area contributed by atoms with Crippen molar-refractivity contribution in [3.05, 3.63) is 35.4 Å². The van der Waals surface area contributed by atoms with Crippen LogP contribution in [0.25, 0.3) is 0 Å². The van der Waals surface area contributed by atoms with Gasteiger partial charge in [-0.3, -0.25) is 4.90 Å². The molecule has 0 aromatic heterocycles. The highest BCUT2D eigenvalue weighted by Gasteiger charge is 2.37. The molecule has 2 aliphatic rings. The first kappa shape index (κ1) is 15.0. The Labute approximate surface area is 128 Å². The van der Waals surface area contributed by atoms with Crippen LogP contribution in [0.15, 0.2) is 24.3 Å². The quantitative estimate of drug-likeness (QED) is 0.901. The Morgan fingerprint density at radius 3 is 2.81 bits per heavy atom. The summed E-state index contributed by atoms with van der Waals surface area (Å²) in [5.74, 6) is 0. The van der Waals surface area contributed by atoms with Gasteiger partial charge in [-0.05, 0) is 24.0 Å². The maximum absolute atomic E-state index is 5.74. The summed E-state index contributed by atoms with van der Waals surface area (Å²) in [5, 5.41) is 3.63. The smallest absolute Gasteiger partial charge is 0.0547 e. The zero-order valence-corrected chi connectivity index (χ0v) is 13.4. The van der Waals surface area contributed by atoms with Crippen molar-refractivity contribution >= 4 is 0 Å². The van der Waals surface area contributed by atoms with Crippen LogP contribution in [0.4, 0.5) is 0 Å². The number of nitrogens with one attached hydrogen (secondary N) is 1. The second-order valence-electron chi connectivity index (χ2n) is 7.07. The fourth-order valence-corrected chi connectivity index (χ4v) is 3.55. The van der Waals surface area contributed by atoms with E-state index in [2.05, 4.69) is 48.3 Å². The van der Waals surface area contributed by atoms with Crippen LogP contribution in [0.5, 0.6) is 0 Å². The second-order valence-corrected chi connectivity index (χ2v) is 7.07. The van der Waals surface area contributed by atoms with E-state index in [1.807, 2.05) is 0 Å². The van der Waals surface area contributed by atoms with Crippen molar-refractivity contribution in [1.82, 2.24) is 10.2 Å². The minimum Gasteiger partial charge on any atom is -0.381 e. The van der Waals surface area contributed by atoms with E-state index in [9.17, 15) is 0 Å². The Morgan fingerprint density at radius 2 is 2.10 bits per heavy atom. The monoisotopic (exact) mass is 288 g/mol.